The third-order valence-corrected chi connectivity index (χ3v) is 4.64. The molecule has 1 N–H and O–H groups in total. The van der Waals surface area contributed by atoms with E-state index in [0.29, 0.717) is 17.6 Å². The van der Waals surface area contributed by atoms with Gasteiger partial charge in [-0.2, -0.15) is 0 Å². The first-order valence-corrected chi connectivity index (χ1v) is 8.37. The number of piperidine rings is 2. The maximum atomic E-state index is 6.38. The lowest BCUT2D eigenvalue weighted by Crippen LogP contribution is -2.54. The van der Waals surface area contributed by atoms with Gasteiger partial charge in [-0.1, -0.05) is 20.8 Å². The van der Waals surface area contributed by atoms with Gasteiger partial charge in [-0.3, -0.25) is 4.90 Å². The number of nitrogens with zero attached hydrogens (tertiary/aromatic N) is 1. The summed E-state index contributed by atoms with van der Waals surface area (Å²) in [7, 11) is 0. The Kier molecular flexibility index (Phi) is 5.14. The Morgan fingerprint density at radius 1 is 1.10 bits per heavy atom. The maximum Gasteiger partial charge on any atom is 0.0608 e. The Morgan fingerprint density at radius 3 is 2.30 bits per heavy atom. The average Bonchev–Trinajstić information content (AvgIpc) is 2.32. The van der Waals surface area contributed by atoms with Crippen molar-refractivity contribution in [1.29, 1.82) is 0 Å². The molecule has 2 rings (SSSR count). The first-order valence-electron chi connectivity index (χ1n) is 8.37. The first kappa shape index (κ1) is 16.3. The summed E-state index contributed by atoms with van der Waals surface area (Å²) in [5, 5.41) is 3.41. The average molecular weight is 282 g/mol. The van der Waals surface area contributed by atoms with Crippen LogP contribution in [0.15, 0.2) is 0 Å². The van der Waals surface area contributed by atoms with Crippen molar-refractivity contribution < 1.29 is 4.74 Å². The molecule has 3 heteroatoms. The van der Waals surface area contributed by atoms with Gasteiger partial charge in [-0.25, -0.2) is 0 Å². The van der Waals surface area contributed by atoms with Gasteiger partial charge < -0.3 is 10.1 Å². The van der Waals surface area contributed by atoms with Crippen LogP contribution in [0, 0.1) is 5.41 Å². The van der Waals surface area contributed by atoms with Crippen LogP contribution in [-0.2, 0) is 4.74 Å². The molecule has 2 aliphatic rings. The molecule has 2 saturated heterocycles. The normalized spacial score (nSPS) is 29.6. The minimum atomic E-state index is 0.267. The lowest BCUT2D eigenvalue weighted by atomic mass is 9.85. The molecule has 0 aromatic rings. The molecule has 0 bridgehead atoms. The molecule has 0 aliphatic carbocycles. The quantitative estimate of drug-likeness (QED) is 0.861. The first-order chi connectivity index (χ1) is 9.26. The highest BCUT2D eigenvalue weighted by atomic mass is 16.5. The van der Waals surface area contributed by atoms with E-state index in [-0.39, 0.29) is 5.54 Å². The highest BCUT2D eigenvalue weighted by molar-refractivity contribution is 4.92. The van der Waals surface area contributed by atoms with Gasteiger partial charge in [0.25, 0.3) is 0 Å². The molecule has 1 atom stereocenters. The Hall–Kier alpha value is -0.120. The molecule has 2 heterocycles. The van der Waals surface area contributed by atoms with Crippen LogP contribution in [0.4, 0.5) is 0 Å². The monoisotopic (exact) mass is 282 g/mol. The number of hydrogen-bond acceptors (Lipinski definition) is 3. The lowest BCUT2D eigenvalue weighted by molar-refractivity contribution is -0.0895. The molecule has 0 amide bonds. The standard InChI is InChI=1S/C17H34N2O/c1-16(2,3)13-19-11-8-15(12-17(19,4)5)20-14-6-9-18-10-7-14/h14-15,18H,6-13H2,1-5H3. The van der Waals surface area contributed by atoms with Crippen molar-refractivity contribution in [3.05, 3.63) is 0 Å². The highest BCUT2D eigenvalue weighted by Gasteiger charge is 2.37. The zero-order valence-corrected chi connectivity index (χ0v) is 14.2. The molecule has 0 spiro atoms. The van der Waals surface area contributed by atoms with Crippen LogP contribution in [-0.4, -0.2) is 48.8 Å². The van der Waals surface area contributed by atoms with Gasteiger partial charge in [0.1, 0.15) is 0 Å². The number of hydrogen-bond donors (Lipinski definition) is 1. The van der Waals surface area contributed by atoms with Crippen LogP contribution in [0.3, 0.4) is 0 Å². The zero-order valence-electron chi connectivity index (χ0n) is 14.2. The summed E-state index contributed by atoms with van der Waals surface area (Å²) in [6.45, 7) is 16.4. The van der Waals surface area contributed by atoms with Crippen molar-refractivity contribution in [2.45, 2.75) is 78.0 Å². The summed E-state index contributed by atoms with van der Waals surface area (Å²) < 4.78 is 6.38. The van der Waals surface area contributed by atoms with Crippen LogP contribution in [0.25, 0.3) is 0 Å². The SMILES string of the molecule is CC(C)(C)CN1CCC(OC2CCNCC2)CC1(C)C. The number of nitrogens with one attached hydrogen (secondary N) is 1. The fourth-order valence-corrected chi connectivity index (χ4v) is 3.58. The Morgan fingerprint density at radius 2 is 1.75 bits per heavy atom. The van der Waals surface area contributed by atoms with E-state index in [1.807, 2.05) is 0 Å². The van der Waals surface area contributed by atoms with E-state index in [0.717, 1.165) is 13.1 Å². The van der Waals surface area contributed by atoms with Crippen LogP contribution < -0.4 is 5.32 Å². The zero-order chi connectivity index (χ0) is 14.8. The number of likely N-dealkylation sites (tertiary alicyclic amines) is 1. The third-order valence-electron chi connectivity index (χ3n) is 4.64. The minimum absolute atomic E-state index is 0.267. The predicted molar refractivity (Wildman–Crippen MR) is 85.1 cm³/mol. The molecular weight excluding hydrogens is 248 g/mol. The van der Waals surface area contributed by atoms with Crippen molar-refractivity contribution >= 4 is 0 Å². The summed E-state index contributed by atoms with van der Waals surface area (Å²) in [5.74, 6) is 0. The molecule has 0 aromatic carbocycles. The van der Waals surface area contributed by atoms with E-state index < -0.39 is 0 Å². The van der Waals surface area contributed by atoms with Gasteiger partial charge >= 0.3 is 0 Å². The topological polar surface area (TPSA) is 24.5 Å². The second-order valence-corrected chi connectivity index (χ2v) is 8.49. The van der Waals surface area contributed by atoms with Crippen LogP contribution >= 0.6 is 0 Å². The molecule has 2 aliphatic heterocycles. The van der Waals surface area contributed by atoms with E-state index in [9.17, 15) is 0 Å². The Labute approximate surface area is 125 Å². The van der Waals surface area contributed by atoms with Crippen LogP contribution in [0.1, 0.15) is 60.3 Å². The van der Waals surface area contributed by atoms with Crippen LogP contribution in [0.2, 0.25) is 0 Å². The second-order valence-electron chi connectivity index (χ2n) is 8.49. The van der Waals surface area contributed by atoms with Crippen molar-refractivity contribution in [1.82, 2.24) is 10.2 Å². The van der Waals surface area contributed by atoms with Crippen LogP contribution in [0.5, 0.6) is 0 Å². The summed E-state index contributed by atoms with van der Waals surface area (Å²) >= 11 is 0. The molecule has 20 heavy (non-hydrogen) atoms. The minimum Gasteiger partial charge on any atom is -0.375 e. The fraction of sp³-hybridized carbons (Fsp3) is 1.00. The van der Waals surface area contributed by atoms with Gasteiger partial charge in [-0.05, 0) is 58.0 Å². The van der Waals surface area contributed by atoms with E-state index in [2.05, 4.69) is 44.8 Å². The summed E-state index contributed by atoms with van der Waals surface area (Å²) in [6.07, 6.45) is 5.69. The smallest absolute Gasteiger partial charge is 0.0608 e. The van der Waals surface area contributed by atoms with Gasteiger partial charge in [-0.15, -0.1) is 0 Å². The fourth-order valence-electron chi connectivity index (χ4n) is 3.58. The second kappa shape index (κ2) is 6.33. The number of rotatable bonds is 3. The molecule has 0 saturated carbocycles. The highest BCUT2D eigenvalue weighted by Crippen LogP contribution is 2.33. The third kappa shape index (κ3) is 4.71. The van der Waals surface area contributed by atoms with E-state index in [1.165, 1.54) is 38.8 Å². The summed E-state index contributed by atoms with van der Waals surface area (Å²) in [5.41, 5.74) is 0.642. The van der Waals surface area contributed by atoms with E-state index in [1.54, 1.807) is 0 Å². The lowest BCUT2D eigenvalue weighted by Gasteiger charge is -2.48. The predicted octanol–water partition coefficient (Wildman–Crippen LogP) is 3.04. The van der Waals surface area contributed by atoms with E-state index >= 15 is 0 Å². The van der Waals surface area contributed by atoms with Gasteiger partial charge in [0, 0.05) is 18.6 Å². The Balaban J connectivity index is 1.85. The largest absolute Gasteiger partial charge is 0.375 e. The molecule has 1 unspecified atom stereocenters. The molecule has 0 radical (unpaired) electrons. The van der Waals surface area contributed by atoms with Gasteiger partial charge in [0.2, 0.25) is 0 Å². The van der Waals surface area contributed by atoms with Gasteiger partial charge in [0.15, 0.2) is 0 Å². The van der Waals surface area contributed by atoms with Crippen molar-refractivity contribution in [2.24, 2.45) is 5.41 Å². The Bertz CT molecular complexity index is 303. The van der Waals surface area contributed by atoms with Crippen molar-refractivity contribution in [3.8, 4) is 0 Å². The number of ether oxygens (including phenoxy) is 1. The maximum absolute atomic E-state index is 6.38. The molecular formula is C17H34N2O. The van der Waals surface area contributed by atoms with Crippen molar-refractivity contribution in [2.75, 3.05) is 26.2 Å². The van der Waals surface area contributed by atoms with E-state index in [4.69, 9.17) is 4.74 Å². The molecule has 3 nitrogen and oxygen atoms in total. The summed E-state index contributed by atoms with van der Waals surface area (Å²) in [4.78, 5) is 2.66. The van der Waals surface area contributed by atoms with Gasteiger partial charge in [0.05, 0.1) is 12.2 Å². The molecule has 2 fully saturated rings. The molecule has 118 valence electrons. The van der Waals surface area contributed by atoms with Crippen molar-refractivity contribution in [3.63, 3.8) is 0 Å². The molecule has 0 aromatic heterocycles. The summed E-state index contributed by atoms with van der Waals surface area (Å²) in [6, 6.07) is 0.